The smallest absolute Gasteiger partial charge is 0.408 e. The van der Waals surface area contributed by atoms with E-state index in [0.29, 0.717) is 19.4 Å². The third-order valence-corrected chi connectivity index (χ3v) is 3.59. The number of nitrogens with zero attached hydrogens (tertiary/aromatic N) is 1. The first-order chi connectivity index (χ1) is 10.3. The molecule has 0 aromatic rings. The first kappa shape index (κ1) is 19.3. The van der Waals surface area contributed by atoms with E-state index < -0.39 is 35.2 Å². The van der Waals surface area contributed by atoms with Gasteiger partial charge in [-0.2, -0.15) is 0 Å². The van der Waals surface area contributed by atoms with Gasteiger partial charge in [0.25, 0.3) is 0 Å². The molecule has 2 atom stereocenters. The van der Waals surface area contributed by atoms with Crippen molar-refractivity contribution in [1.29, 1.82) is 0 Å². The molecular formula is C16H28N2O5. The average Bonchev–Trinajstić information content (AvgIpc) is 2.80. The van der Waals surface area contributed by atoms with E-state index in [0.717, 1.165) is 0 Å². The Morgan fingerprint density at radius 2 is 1.74 bits per heavy atom. The number of carbonyl (C=O) groups excluding carboxylic acids is 2. The number of carboxylic acid groups (broad SMARTS) is 1. The van der Waals surface area contributed by atoms with E-state index in [1.807, 2.05) is 20.8 Å². The van der Waals surface area contributed by atoms with E-state index in [1.165, 1.54) is 4.90 Å². The average molecular weight is 328 g/mol. The van der Waals surface area contributed by atoms with E-state index in [1.54, 1.807) is 20.8 Å². The molecule has 7 heteroatoms. The molecule has 1 aliphatic heterocycles. The predicted molar refractivity (Wildman–Crippen MR) is 85.0 cm³/mol. The van der Waals surface area contributed by atoms with Gasteiger partial charge < -0.3 is 20.1 Å². The lowest BCUT2D eigenvalue weighted by Crippen LogP contribution is -2.57. The predicted octanol–water partition coefficient (Wildman–Crippen LogP) is 2.00. The van der Waals surface area contributed by atoms with Crippen LogP contribution in [0.3, 0.4) is 0 Å². The summed E-state index contributed by atoms with van der Waals surface area (Å²) in [5.41, 5.74) is -1.24. The molecule has 2 N–H and O–H groups in total. The summed E-state index contributed by atoms with van der Waals surface area (Å²) < 4.78 is 5.21. The first-order valence-electron chi connectivity index (χ1n) is 7.86. The van der Waals surface area contributed by atoms with Crippen molar-refractivity contribution in [3.63, 3.8) is 0 Å². The van der Waals surface area contributed by atoms with Gasteiger partial charge in [0.15, 0.2) is 0 Å². The van der Waals surface area contributed by atoms with E-state index >= 15 is 0 Å². The zero-order valence-corrected chi connectivity index (χ0v) is 14.8. The number of carbonyl (C=O) groups is 3. The van der Waals surface area contributed by atoms with Crippen LogP contribution in [0.1, 0.15) is 54.4 Å². The summed E-state index contributed by atoms with van der Waals surface area (Å²) in [4.78, 5) is 37.5. The van der Waals surface area contributed by atoms with Gasteiger partial charge in [0, 0.05) is 6.54 Å². The highest BCUT2D eigenvalue weighted by atomic mass is 16.6. The maximum Gasteiger partial charge on any atom is 0.408 e. The standard InChI is InChI=1S/C16H28N2O5/c1-15(2,3)11(17-14(22)23-16(4,5)6)12(19)18-9-7-8-10(18)13(20)21/h10-11H,7-9H2,1-6H3,(H,17,22)(H,20,21)/t10-,11-/m0/s1. The molecule has 132 valence electrons. The molecule has 2 amide bonds. The van der Waals surface area contributed by atoms with Crippen LogP contribution in [0.5, 0.6) is 0 Å². The van der Waals surface area contributed by atoms with Gasteiger partial charge in [-0.05, 0) is 39.0 Å². The molecule has 1 heterocycles. The van der Waals surface area contributed by atoms with Crippen molar-refractivity contribution in [2.45, 2.75) is 72.1 Å². The summed E-state index contributed by atoms with van der Waals surface area (Å²) in [6.07, 6.45) is 0.396. The summed E-state index contributed by atoms with van der Waals surface area (Å²) in [6, 6.07) is -1.68. The fraction of sp³-hybridized carbons (Fsp3) is 0.812. The first-order valence-corrected chi connectivity index (χ1v) is 7.86. The van der Waals surface area contributed by atoms with Crippen molar-refractivity contribution in [2.75, 3.05) is 6.54 Å². The molecule has 0 bridgehead atoms. The van der Waals surface area contributed by atoms with Crippen LogP contribution in [-0.2, 0) is 14.3 Å². The van der Waals surface area contributed by atoms with Crippen LogP contribution in [0.25, 0.3) is 0 Å². The number of ether oxygens (including phenoxy) is 1. The van der Waals surface area contributed by atoms with Crippen molar-refractivity contribution in [2.24, 2.45) is 5.41 Å². The molecule has 0 aromatic heterocycles. The van der Waals surface area contributed by atoms with Crippen LogP contribution in [0.2, 0.25) is 0 Å². The van der Waals surface area contributed by atoms with Crippen molar-refractivity contribution in [3.8, 4) is 0 Å². The van der Waals surface area contributed by atoms with Gasteiger partial charge in [-0.15, -0.1) is 0 Å². The zero-order valence-electron chi connectivity index (χ0n) is 14.8. The molecule has 23 heavy (non-hydrogen) atoms. The second-order valence-electron chi connectivity index (χ2n) is 7.97. The third-order valence-electron chi connectivity index (χ3n) is 3.59. The number of alkyl carbamates (subject to hydrolysis) is 1. The monoisotopic (exact) mass is 328 g/mol. The van der Waals surface area contributed by atoms with Crippen LogP contribution in [-0.4, -0.2) is 52.2 Å². The number of nitrogens with one attached hydrogen (secondary N) is 1. The van der Waals surface area contributed by atoms with E-state index in [2.05, 4.69) is 5.32 Å². The Morgan fingerprint density at radius 1 is 1.17 bits per heavy atom. The van der Waals surface area contributed by atoms with Crippen LogP contribution in [0, 0.1) is 5.41 Å². The SMILES string of the molecule is CC(C)(C)OC(=O)N[C@@H](C(=O)N1CCC[C@H]1C(=O)O)C(C)(C)C. The molecule has 0 aromatic carbocycles. The number of hydrogen-bond donors (Lipinski definition) is 2. The van der Waals surface area contributed by atoms with Crippen LogP contribution in [0.4, 0.5) is 4.79 Å². The molecule has 0 unspecified atom stereocenters. The molecule has 0 saturated carbocycles. The largest absolute Gasteiger partial charge is 0.480 e. The van der Waals surface area contributed by atoms with Gasteiger partial charge >= 0.3 is 12.1 Å². The topological polar surface area (TPSA) is 95.9 Å². The molecule has 0 radical (unpaired) electrons. The number of carboxylic acids is 1. The van der Waals surface area contributed by atoms with Gasteiger partial charge in [-0.25, -0.2) is 9.59 Å². The van der Waals surface area contributed by atoms with Crippen molar-refractivity contribution >= 4 is 18.0 Å². The minimum absolute atomic E-state index is 0.381. The van der Waals surface area contributed by atoms with Crippen LogP contribution >= 0.6 is 0 Å². The molecular weight excluding hydrogens is 300 g/mol. The highest BCUT2D eigenvalue weighted by Gasteiger charge is 2.42. The van der Waals surface area contributed by atoms with Gasteiger partial charge in [-0.1, -0.05) is 20.8 Å². The Kier molecular flexibility index (Phi) is 5.66. The minimum Gasteiger partial charge on any atom is -0.480 e. The van der Waals surface area contributed by atoms with E-state index in [-0.39, 0.29) is 5.91 Å². The number of likely N-dealkylation sites (tertiary alicyclic amines) is 1. The van der Waals surface area contributed by atoms with Crippen molar-refractivity contribution < 1.29 is 24.2 Å². The fourth-order valence-electron chi connectivity index (χ4n) is 2.53. The maximum absolute atomic E-state index is 12.8. The summed E-state index contributed by atoms with van der Waals surface area (Å²) >= 11 is 0. The van der Waals surface area contributed by atoms with E-state index in [4.69, 9.17) is 4.74 Å². The lowest BCUT2D eigenvalue weighted by Gasteiger charge is -2.35. The molecule has 1 rings (SSSR count). The highest BCUT2D eigenvalue weighted by Crippen LogP contribution is 2.26. The Labute approximate surface area is 137 Å². The summed E-state index contributed by atoms with van der Waals surface area (Å²) in [6.45, 7) is 11.1. The Morgan fingerprint density at radius 3 is 2.17 bits per heavy atom. The maximum atomic E-state index is 12.8. The van der Waals surface area contributed by atoms with Gasteiger partial charge in [0.1, 0.15) is 17.7 Å². The Bertz CT molecular complexity index is 476. The van der Waals surface area contributed by atoms with E-state index in [9.17, 15) is 19.5 Å². The zero-order chi connectivity index (χ0) is 18.0. The second-order valence-corrected chi connectivity index (χ2v) is 7.97. The molecule has 1 saturated heterocycles. The summed E-state index contributed by atoms with van der Waals surface area (Å²) in [5.74, 6) is -1.39. The van der Waals surface area contributed by atoms with Crippen LogP contribution in [0.15, 0.2) is 0 Å². The lowest BCUT2D eigenvalue weighted by molar-refractivity contribution is -0.150. The highest BCUT2D eigenvalue weighted by molar-refractivity contribution is 5.90. The normalized spacial score (nSPS) is 20.1. The minimum atomic E-state index is -1.01. The Hall–Kier alpha value is -1.79. The quantitative estimate of drug-likeness (QED) is 0.826. The van der Waals surface area contributed by atoms with Gasteiger partial charge in [0.2, 0.25) is 5.91 Å². The molecule has 0 spiro atoms. The third kappa shape index (κ3) is 5.41. The molecule has 0 aliphatic carbocycles. The van der Waals surface area contributed by atoms with Crippen molar-refractivity contribution in [3.05, 3.63) is 0 Å². The number of aliphatic carboxylic acids is 1. The van der Waals surface area contributed by atoms with Gasteiger partial charge in [-0.3, -0.25) is 4.79 Å². The number of hydrogen-bond acceptors (Lipinski definition) is 4. The van der Waals surface area contributed by atoms with Gasteiger partial charge in [0.05, 0.1) is 0 Å². The number of amides is 2. The summed E-state index contributed by atoms with van der Waals surface area (Å²) in [7, 11) is 0. The molecule has 7 nitrogen and oxygen atoms in total. The molecule has 1 aliphatic rings. The van der Waals surface area contributed by atoms with Crippen LogP contribution < -0.4 is 5.32 Å². The lowest BCUT2D eigenvalue weighted by atomic mass is 9.85. The molecule has 1 fully saturated rings. The second kappa shape index (κ2) is 6.76. The fourth-order valence-corrected chi connectivity index (χ4v) is 2.53. The Balaban J connectivity index is 2.92. The van der Waals surface area contributed by atoms with Crippen molar-refractivity contribution in [1.82, 2.24) is 10.2 Å². The number of rotatable bonds is 3. The summed E-state index contributed by atoms with van der Waals surface area (Å²) in [5, 5.41) is 11.9.